The highest BCUT2D eigenvalue weighted by Crippen LogP contribution is 2.35. The highest BCUT2D eigenvalue weighted by atomic mass is 35.5. The fourth-order valence-electron chi connectivity index (χ4n) is 3.04. The van der Waals surface area contributed by atoms with Crippen molar-refractivity contribution in [1.29, 1.82) is 0 Å². The van der Waals surface area contributed by atoms with Gasteiger partial charge in [-0.15, -0.1) is 0 Å². The molecule has 0 spiro atoms. The predicted molar refractivity (Wildman–Crippen MR) is 88.7 cm³/mol. The van der Waals surface area contributed by atoms with Crippen LogP contribution >= 0.6 is 11.6 Å². The minimum atomic E-state index is 0.398. The van der Waals surface area contributed by atoms with Gasteiger partial charge in [0, 0.05) is 35.9 Å². The van der Waals surface area contributed by atoms with Crippen LogP contribution in [0.1, 0.15) is 45.6 Å². The number of halogens is 1. The van der Waals surface area contributed by atoms with Gasteiger partial charge >= 0.3 is 0 Å². The van der Waals surface area contributed by atoms with E-state index in [1.807, 2.05) is 6.07 Å². The number of benzene rings is 1. The van der Waals surface area contributed by atoms with Crippen LogP contribution in [0.15, 0.2) is 18.2 Å². The molecule has 1 aliphatic rings. The van der Waals surface area contributed by atoms with Crippen molar-refractivity contribution in [3.8, 4) is 0 Å². The molecule has 20 heavy (non-hydrogen) atoms. The average molecular weight is 295 g/mol. The number of hydrogen-bond donors (Lipinski definition) is 1. The summed E-state index contributed by atoms with van der Waals surface area (Å²) in [5.41, 5.74) is 2.96. The van der Waals surface area contributed by atoms with Crippen molar-refractivity contribution in [2.75, 3.05) is 24.5 Å². The molecule has 1 aromatic rings. The van der Waals surface area contributed by atoms with Crippen molar-refractivity contribution in [2.24, 2.45) is 5.41 Å². The molecule has 0 aromatic heterocycles. The summed E-state index contributed by atoms with van der Waals surface area (Å²) in [7, 11) is 0. The molecule has 1 fully saturated rings. The zero-order chi connectivity index (χ0) is 14.6. The minimum absolute atomic E-state index is 0.398. The smallest absolute Gasteiger partial charge is 0.0471 e. The molecule has 0 atom stereocenters. The van der Waals surface area contributed by atoms with Crippen LogP contribution in [-0.4, -0.2) is 19.6 Å². The van der Waals surface area contributed by atoms with E-state index in [2.05, 4.69) is 43.1 Å². The molecular formula is C17H27ClN2. The van der Waals surface area contributed by atoms with Gasteiger partial charge in [-0.05, 0) is 43.4 Å². The van der Waals surface area contributed by atoms with E-state index >= 15 is 0 Å². The monoisotopic (exact) mass is 294 g/mol. The molecule has 0 unspecified atom stereocenters. The summed E-state index contributed by atoms with van der Waals surface area (Å²) in [6.07, 6.45) is 3.73. The van der Waals surface area contributed by atoms with E-state index in [1.54, 1.807) is 0 Å². The highest BCUT2D eigenvalue weighted by Gasteiger charge is 2.27. The van der Waals surface area contributed by atoms with Gasteiger partial charge in [0.1, 0.15) is 0 Å². The third kappa shape index (κ3) is 3.89. The van der Waals surface area contributed by atoms with Crippen molar-refractivity contribution >= 4 is 17.3 Å². The van der Waals surface area contributed by atoms with Gasteiger partial charge in [-0.3, -0.25) is 0 Å². The summed E-state index contributed by atoms with van der Waals surface area (Å²) < 4.78 is 0. The second kappa shape index (κ2) is 6.82. The second-order valence-electron chi connectivity index (χ2n) is 6.60. The molecule has 1 aliphatic heterocycles. The lowest BCUT2D eigenvalue weighted by atomic mass is 9.84. The lowest BCUT2D eigenvalue weighted by Crippen LogP contribution is -2.40. The molecule has 0 saturated carbocycles. The Hall–Kier alpha value is -0.730. The van der Waals surface area contributed by atoms with Gasteiger partial charge in [-0.25, -0.2) is 0 Å². The molecule has 0 bridgehead atoms. The number of nitrogens with zero attached hydrogens (tertiary/aromatic N) is 1. The maximum absolute atomic E-state index is 6.43. The van der Waals surface area contributed by atoms with E-state index in [0.717, 1.165) is 37.6 Å². The second-order valence-corrected chi connectivity index (χ2v) is 7.01. The van der Waals surface area contributed by atoms with E-state index in [4.69, 9.17) is 11.6 Å². The maximum atomic E-state index is 6.43. The normalized spacial score (nSPS) is 18.3. The van der Waals surface area contributed by atoms with Gasteiger partial charge in [0.05, 0.1) is 0 Å². The van der Waals surface area contributed by atoms with E-state index in [1.165, 1.54) is 24.1 Å². The Bertz CT molecular complexity index is 443. The fourth-order valence-corrected chi connectivity index (χ4v) is 3.27. The largest absolute Gasteiger partial charge is 0.371 e. The molecule has 1 aromatic carbocycles. The van der Waals surface area contributed by atoms with Gasteiger partial charge in [0.2, 0.25) is 0 Å². The molecule has 1 saturated heterocycles. The van der Waals surface area contributed by atoms with E-state index in [-0.39, 0.29) is 0 Å². The number of nitrogens with one attached hydrogen (secondary N) is 1. The van der Waals surface area contributed by atoms with Crippen LogP contribution in [0.2, 0.25) is 5.02 Å². The summed E-state index contributed by atoms with van der Waals surface area (Å²) in [6, 6.07) is 6.29. The fraction of sp³-hybridized carbons (Fsp3) is 0.647. The topological polar surface area (TPSA) is 15.3 Å². The first-order valence-electron chi connectivity index (χ1n) is 7.76. The average Bonchev–Trinajstić information content (AvgIpc) is 2.39. The van der Waals surface area contributed by atoms with Crippen LogP contribution in [0.25, 0.3) is 0 Å². The number of rotatable bonds is 5. The molecule has 0 amide bonds. The Labute approximate surface area is 128 Å². The van der Waals surface area contributed by atoms with Gasteiger partial charge < -0.3 is 10.2 Å². The molecule has 112 valence electrons. The minimum Gasteiger partial charge on any atom is -0.371 e. The van der Waals surface area contributed by atoms with Gasteiger partial charge in [0.25, 0.3) is 0 Å². The summed E-state index contributed by atoms with van der Waals surface area (Å²) in [5.74, 6) is 0. The van der Waals surface area contributed by atoms with Gasteiger partial charge in [-0.1, -0.05) is 38.4 Å². The number of hydrogen-bond acceptors (Lipinski definition) is 2. The zero-order valence-electron chi connectivity index (χ0n) is 13.0. The number of anilines is 1. The van der Waals surface area contributed by atoms with Crippen molar-refractivity contribution < 1.29 is 0 Å². The van der Waals surface area contributed by atoms with E-state index in [0.29, 0.717) is 5.41 Å². The van der Waals surface area contributed by atoms with Crippen LogP contribution < -0.4 is 10.2 Å². The van der Waals surface area contributed by atoms with Crippen molar-refractivity contribution in [1.82, 2.24) is 5.32 Å². The van der Waals surface area contributed by atoms with Crippen LogP contribution in [-0.2, 0) is 6.54 Å². The zero-order valence-corrected chi connectivity index (χ0v) is 13.8. The van der Waals surface area contributed by atoms with Gasteiger partial charge in [-0.2, -0.15) is 0 Å². The first kappa shape index (κ1) is 15.7. The Morgan fingerprint density at radius 1 is 1.35 bits per heavy atom. The number of piperidine rings is 1. The van der Waals surface area contributed by atoms with Crippen molar-refractivity contribution in [3.05, 3.63) is 28.8 Å². The summed E-state index contributed by atoms with van der Waals surface area (Å²) in [6.45, 7) is 11.1. The lowest BCUT2D eigenvalue weighted by Gasteiger charge is -2.40. The van der Waals surface area contributed by atoms with Crippen LogP contribution in [0.3, 0.4) is 0 Å². The third-order valence-corrected chi connectivity index (χ3v) is 4.42. The quantitative estimate of drug-likeness (QED) is 0.806. The molecular weight excluding hydrogens is 268 g/mol. The molecule has 3 heteroatoms. The Morgan fingerprint density at radius 2 is 2.15 bits per heavy atom. The Kier molecular flexibility index (Phi) is 5.34. The SMILES string of the molecule is CCCNCc1c(Cl)cccc1N1CCCC(C)(C)C1. The van der Waals surface area contributed by atoms with Crippen LogP contribution in [0.5, 0.6) is 0 Å². The first-order chi connectivity index (χ1) is 9.53. The summed E-state index contributed by atoms with van der Waals surface area (Å²) >= 11 is 6.43. The highest BCUT2D eigenvalue weighted by molar-refractivity contribution is 6.31. The summed E-state index contributed by atoms with van der Waals surface area (Å²) in [5, 5.41) is 4.37. The summed E-state index contributed by atoms with van der Waals surface area (Å²) in [4.78, 5) is 2.51. The lowest BCUT2D eigenvalue weighted by molar-refractivity contribution is 0.293. The standard InChI is InChI=1S/C17H27ClN2/c1-4-10-19-12-14-15(18)7-5-8-16(14)20-11-6-9-17(2,3)13-20/h5,7-8,19H,4,6,9-13H2,1-3H3. The molecule has 0 aliphatic carbocycles. The molecule has 1 heterocycles. The molecule has 0 radical (unpaired) electrons. The maximum Gasteiger partial charge on any atom is 0.0471 e. The van der Waals surface area contributed by atoms with E-state index in [9.17, 15) is 0 Å². The Morgan fingerprint density at radius 3 is 2.85 bits per heavy atom. The third-order valence-electron chi connectivity index (χ3n) is 4.06. The molecule has 1 N–H and O–H groups in total. The Balaban J connectivity index is 2.19. The first-order valence-corrected chi connectivity index (χ1v) is 8.14. The molecule has 2 rings (SSSR count). The van der Waals surface area contributed by atoms with Crippen molar-refractivity contribution in [2.45, 2.75) is 46.6 Å². The van der Waals surface area contributed by atoms with Crippen LogP contribution in [0.4, 0.5) is 5.69 Å². The van der Waals surface area contributed by atoms with Crippen LogP contribution in [0, 0.1) is 5.41 Å². The predicted octanol–water partition coefficient (Wildman–Crippen LogP) is 4.47. The van der Waals surface area contributed by atoms with E-state index < -0.39 is 0 Å². The van der Waals surface area contributed by atoms with Crippen molar-refractivity contribution in [3.63, 3.8) is 0 Å². The molecule has 2 nitrogen and oxygen atoms in total. The van der Waals surface area contributed by atoms with Gasteiger partial charge in [0.15, 0.2) is 0 Å².